The molecule has 0 radical (unpaired) electrons. The van der Waals surface area contributed by atoms with Gasteiger partial charge in [-0.05, 0) is 12.8 Å². The molecule has 0 atom stereocenters. The molecule has 0 rings (SSSR count). The van der Waals surface area contributed by atoms with Crippen LogP contribution in [0.3, 0.4) is 0 Å². The lowest BCUT2D eigenvalue weighted by atomic mass is 10.1. The molecule has 0 saturated heterocycles. The van der Waals surface area contributed by atoms with Gasteiger partial charge in [-0.3, -0.25) is 4.79 Å². The molecule has 2 N–H and O–H groups in total. The van der Waals surface area contributed by atoms with E-state index in [1.54, 1.807) is 0 Å². The van der Waals surface area contributed by atoms with E-state index < -0.39 is 8.38 Å². The van der Waals surface area contributed by atoms with Crippen LogP contribution in [-0.4, -0.2) is 21.7 Å². The molecule has 0 unspecified atom stereocenters. The highest BCUT2D eigenvalue weighted by atomic mass is 31.2. The minimum atomic E-state index is -1.79. The summed E-state index contributed by atoms with van der Waals surface area (Å²) in [6.07, 6.45) is 2.97. The first-order valence-corrected chi connectivity index (χ1v) is 5.27. The summed E-state index contributed by atoms with van der Waals surface area (Å²) in [5.41, 5.74) is 0. The first-order chi connectivity index (χ1) is 5.16. The van der Waals surface area contributed by atoms with E-state index in [1.807, 2.05) is 6.92 Å². The van der Waals surface area contributed by atoms with Gasteiger partial charge in [-0.15, -0.1) is 0 Å². The van der Waals surface area contributed by atoms with Gasteiger partial charge in [-0.1, -0.05) is 6.92 Å². The third kappa shape index (κ3) is 7.92. The van der Waals surface area contributed by atoms with Crippen molar-refractivity contribution in [2.24, 2.45) is 0 Å². The molecule has 0 fully saturated rings. The molecule has 0 saturated carbocycles. The van der Waals surface area contributed by atoms with Gasteiger partial charge < -0.3 is 9.79 Å². The van der Waals surface area contributed by atoms with E-state index in [0.29, 0.717) is 25.4 Å². The molecule has 0 spiro atoms. The average Bonchev–Trinajstić information content (AvgIpc) is 1.87. The van der Waals surface area contributed by atoms with Gasteiger partial charge in [0.05, 0.1) is 0 Å². The Morgan fingerprint density at radius 2 is 2.00 bits per heavy atom. The number of carbonyl (C=O) groups is 1. The van der Waals surface area contributed by atoms with Crippen LogP contribution in [0.15, 0.2) is 0 Å². The van der Waals surface area contributed by atoms with Crippen LogP contribution in [0.2, 0.25) is 0 Å². The molecule has 0 aromatic carbocycles. The molecular formula is C7H15O3P. The minimum absolute atomic E-state index is 0.226. The van der Waals surface area contributed by atoms with Crippen molar-refractivity contribution in [1.82, 2.24) is 0 Å². The van der Waals surface area contributed by atoms with Gasteiger partial charge in [0.15, 0.2) is 8.38 Å². The molecule has 66 valence electrons. The first kappa shape index (κ1) is 11.0. The fourth-order valence-electron chi connectivity index (χ4n) is 0.821. The molecule has 0 aliphatic carbocycles. The average molecular weight is 178 g/mol. The van der Waals surface area contributed by atoms with Crippen molar-refractivity contribution in [3.05, 3.63) is 0 Å². The Hall–Kier alpha value is 0.0200. The second-order valence-corrected chi connectivity index (χ2v) is 3.68. The summed E-state index contributed by atoms with van der Waals surface area (Å²) in [4.78, 5) is 27.9. The lowest BCUT2D eigenvalue weighted by Gasteiger charge is -2.00. The summed E-state index contributed by atoms with van der Waals surface area (Å²) in [6, 6.07) is 0. The van der Waals surface area contributed by atoms with Crippen molar-refractivity contribution in [2.75, 3.05) is 6.16 Å². The molecule has 11 heavy (non-hydrogen) atoms. The maximum atomic E-state index is 10.9. The minimum Gasteiger partial charge on any atom is -0.350 e. The van der Waals surface area contributed by atoms with Gasteiger partial charge in [0.25, 0.3) is 0 Å². The van der Waals surface area contributed by atoms with Crippen molar-refractivity contribution < 1.29 is 14.6 Å². The molecule has 0 bridgehead atoms. The van der Waals surface area contributed by atoms with Crippen molar-refractivity contribution in [2.45, 2.75) is 32.6 Å². The maximum Gasteiger partial charge on any atom is 0.164 e. The number of Topliss-reactive ketones (excluding diaryl/α,β-unsaturated/α-hetero) is 1. The number of rotatable bonds is 6. The molecule has 4 heteroatoms. The highest BCUT2D eigenvalue weighted by Crippen LogP contribution is 2.24. The summed E-state index contributed by atoms with van der Waals surface area (Å²) in [5, 5.41) is 0. The third-order valence-corrected chi connectivity index (χ3v) is 2.06. The maximum absolute atomic E-state index is 10.9. The van der Waals surface area contributed by atoms with Crippen LogP contribution in [-0.2, 0) is 4.79 Å². The predicted molar refractivity (Wildman–Crippen MR) is 45.4 cm³/mol. The topological polar surface area (TPSA) is 57.5 Å². The second kappa shape index (κ2) is 6.71. The molecule has 0 aliphatic rings. The molecular weight excluding hydrogens is 163 g/mol. The van der Waals surface area contributed by atoms with E-state index in [9.17, 15) is 4.79 Å². The fourth-order valence-corrected chi connectivity index (χ4v) is 1.26. The van der Waals surface area contributed by atoms with Gasteiger partial charge in [0.2, 0.25) is 0 Å². The molecule has 0 aromatic heterocycles. The van der Waals surface area contributed by atoms with Gasteiger partial charge in [0.1, 0.15) is 5.78 Å². The number of ketones is 1. The molecule has 0 aliphatic heterocycles. The monoisotopic (exact) mass is 178 g/mol. The summed E-state index contributed by atoms with van der Waals surface area (Å²) in [5.74, 6) is 0.226. The number of hydrogen-bond donors (Lipinski definition) is 2. The highest BCUT2D eigenvalue weighted by molar-refractivity contribution is 7.45. The predicted octanol–water partition coefficient (Wildman–Crippen LogP) is 1.43. The smallest absolute Gasteiger partial charge is 0.164 e. The summed E-state index contributed by atoms with van der Waals surface area (Å²) in [6.45, 7) is 1.96. The Labute approximate surface area is 68.4 Å². The largest absolute Gasteiger partial charge is 0.350 e. The standard InChI is InChI=1S/C7H15O3P/c1-2-4-7(8)5-3-6-11(9)10/h9-10H,2-6H2,1H3. The van der Waals surface area contributed by atoms with Crippen LogP contribution in [0.4, 0.5) is 0 Å². The SMILES string of the molecule is CCCC(=O)CCCP(O)O. The Balaban J connectivity index is 3.17. The van der Waals surface area contributed by atoms with Crippen LogP contribution < -0.4 is 0 Å². The molecule has 0 heterocycles. The first-order valence-electron chi connectivity index (χ1n) is 3.83. The molecule has 3 nitrogen and oxygen atoms in total. The summed E-state index contributed by atoms with van der Waals surface area (Å²) >= 11 is 0. The number of hydrogen-bond acceptors (Lipinski definition) is 3. The fraction of sp³-hybridized carbons (Fsp3) is 0.857. The van der Waals surface area contributed by atoms with Crippen molar-refractivity contribution in [3.63, 3.8) is 0 Å². The van der Waals surface area contributed by atoms with E-state index >= 15 is 0 Å². The van der Waals surface area contributed by atoms with Crippen molar-refractivity contribution in [1.29, 1.82) is 0 Å². The second-order valence-electron chi connectivity index (χ2n) is 2.49. The summed E-state index contributed by atoms with van der Waals surface area (Å²) in [7, 11) is -1.79. The zero-order valence-corrected chi connectivity index (χ0v) is 7.68. The Bertz CT molecular complexity index is 114. The highest BCUT2D eigenvalue weighted by Gasteiger charge is 2.02. The van der Waals surface area contributed by atoms with Gasteiger partial charge in [0, 0.05) is 19.0 Å². The van der Waals surface area contributed by atoms with E-state index in [2.05, 4.69) is 0 Å². The molecule has 0 aromatic rings. The van der Waals surface area contributed by atoms with Crippen molar-refractivity contribution >= 4 is 14.2 Å². The third-order valence-electron chi connectivity index (χ3n) is 1.34. The Morgan fingerprint density at radius 1 is 1.36 bits per heavy atom. The van der Waals surface area contributed by atoms with Crippen molar-refractivity contribution in [3.8, 4) is 0 Å². The quantitative estimate of drug-likeness (QED) is 0.605. The Kier molecular flexibility index (Phi) is 6.73. The van der Waals surface area contributed by atoms with Gasteiger partial charge >= 0.3 is 0 Å². The van der Waals surface area contributed by atoms with Gasteiger partial charge in [-0.2, -0.15) is 0 Å². The molecule has 0 amide bonds. The lowest BCUT2D eigenvalue weighted by molar-refractivity contribution is -0.119. The number of carbonyl (C=O) groups excluding carboxylic acids is 1. The van der Waals surface area contributed by atoms with Crippen LogP contribution in [0.25, 0.3) is 0 Å². The van der Waals surface area contributed by atoms with E-state index in [4.69, 9.17) is 9.79 Å². The van der Waals surface area contributed by atoms with E-state index in [1.165, 1.54) is 0 Å². The van der Waals surface area contributed by atoms with Crippen LogP contribution in [0.1, 0.15) is 32.6 Å². The zero-order chi connectivity index (χ0) is 8.69. The van der Waals surface area contributed by atoms with E-state index in [0.717, 1.165) is 6.42 Å². The Morgan fingerprint density at radius 3 is 2.45 bits per heavy atom. The van der Waals surface area contributed by atoms with E-state index in [-0.39, 0.29) is 5.78 Å². The summed E-state index contributed by atoms with van der Waals surface area (Å²) < 4.78 is 0. The lowest BCUT2D eigenvalue weighted by Crippen LogP contribution is -1.97. The van der Waals surface area contributed by atoms with Crippen LogP contribution in [0, 0.1) is 0 Å². The van der Waals surface area contributed by atoms with Gasteiger partial charge in [-0.25, -0.2) is 0 Å². The zero-order valence-electron chi connectivity index (χ0n) is 6.79. The van der Waals surface area contributed by atoms with Crippen LogP contribution in [0.5, 0.6) is 0 Å². The van der Waals surface area contributed by atoms with Crippen LogP contribution >= 0.6 is 8.38 Å². The normalized spacial score (nSPS) is 10.5.